The number of aliphatic hydroxyl groups excluding tert-OH is 1. The van der Waals surface area contributed by atoms with E-state index >= 15 is 0 Å². The van der Waals surface area contributed by atoms with Gasteiger partial charge < -0.3 is 15.3 Å². The fourth-order valence-corrected chi connectivity index (χ4v) is 2.69. The molecular formula is C15H25N3O. The second-order valence-electron chi connectivity index (χ2n) is 5.35. The van der Waals surface area contributed by atoms with Gasteiger partial charge in [0.2, 0.25) is 0 Å². The monoisotopic (exact) mass is 263 g/mol. The summed E-state index contributed by atoms with van der Waals surface area (Å²) in [5, 5.41) is 12.5. The Morgan fingerprint density at radius 1 is 1.32 bits per heavy atom. The van der Waals surface area contributed by atoms with Gasteiger partial charge in [-0.1, -0.05) is 30.3 Å². The summed E-state index contributed by atoms with van der Waals surface area (Å²) in [6.07, 6.45) is 0. The van der Waals surface area contributed by atoms with E-state index in [-0.39, 0.29) is 12.6 Å². The van der Waals surface area contributed by atoms with E-state index in [2.05, 4.69) is 52.5 Å². The summed E-state index contributed by atoms with van der Waals surface area (Å²) in [6.45, 7) is 4.26. The summed E-state index contributed by atoms with van der Waals surface area (Å²) in [5.41, 5.74) is 1.36. The molecule has 2 rings (SSSR count). The van der Waals surface area contributed by atoms with Crippen LogP contribution in [0.5, 0.6) is 0 Å². The molecule has 106 valence electrons. The largest absolute Gasteiger partial charge is 0.395 e. The van der Waals surface area contributed by atoms with Crippen LogP contribution in [-0.2, 0) is 0 Å². The Morgan fingerprint density at radius 2 is 2.05 bits per heavy atom. The van der Waals surface area contributed by atoms with Crippen LogP contribution in [0.3, 0.4) is 0 Å². The van der Waals surface area contributed by atoms with Gasteiger partial charge in [-0.3, -0.25) is 4.90 Å². The molecular weight excluding hydrogens is 238 g/mol. The number of aliphatic hydroxyl groups is 1. The first-order valence-electron chi connectivity index (χ1n) is 7.00. The quantitative estimate of drug-likeness (QED) is 0.814. The van der Waals surface area contributed by atoms with Crippen molar-refractivity contribution in [3.63, 3.8) is 0 Å². The van der Waals surface area contributed by atoms with E-state index in [9.17, 15) is 5.11 Å². The van der Waals surface area contributed by atoms with Gasteiger partial charge in [0.1, 0.15) is 0 Å². The highest BCUT2D eigenvalue weighted by atomic mass is 16.3. The molecule has 1 aliphatic rings. The first-order valence-corrected chi connectivity index (χ1v) is 7.00. The van der Waals surface area contributed by atoms with Crippen molar-refractivity contribution < 1.29 is 5.11 Å². The topological polar surface area (TPSA) is 38.7 Å². The van der Waals surface area contributed by atoms with Crippen molar-refractivity contribution in [2.75, 3.05) is 46.9 Å². The second-order valence-corrected chi connectivity index (χ2v) is 5.35. The van der Waals surface area contributed by atoms with E-state index in [0.29, 0.717) is 6.04 Å². The Morgan fingerprint density at radius 3 is 2.68 bits per heavy atom. The van der Waals surface area contributed by atoms with Gasteiger partial charge in [-0.2, -0.15) is 0 Å². The van der Waals surface area contributed by atoms with Gasteiger partial charge in [0.15, 0.2) is 0 Å². The molecule has 1 aromatic rings. The maximum atomic E-state index is 9.37. The molecule has 0 saturated carbocycles. The highest BCUT2D eigenvalue weighted by Gasteiger charge is 2.27. The predicted octanol–water partition coefficient (Wildman–Crippen LogP) is 0.555. The molecule has 1 aromatic carbocycles. The van der Waals surface area contributed by atoms with E-state index in [1.165, 1.54) is 5.56 Å². The van der Waals surface area contributed by atoms with Crippen molar-refractivity contribution in [3.8, 4) is 0 Å². The molecule has 2 atom stereocenters. The molecule has 0 aliphatic carbocycles. The molecule has 0 aromatic heterocycles. The molecule has 1 heterocycles. The van der Waals surface area contributed by atoms with Crippen LogP contribution in [0.15, 0.2) is 30.3 Å². The molecule has 19 heavy (non-hydrogen) atoms. The number of hydrogen-bond donors (Lipinski definition) is 2. The zero-order valence-electron chi connectivity index (χ0n) is 11.9. The Labute approximate surface area is 116 Å². The average molecular weight is 263 g/mol. The van der Waals surface area contributed by atoms with Crippen LogP contribution in [0, 0.1) is 0 Å². The second kappa shape index (κ2) is 7.01. The Hall–Kier alpha value is -0.940. The van der Waals surface area contributed by atoms with Gasteiger partial charge in [0.25, 0.3) is 0 Å². The van der Waals surface area contributed by atoms with Crippen LogP contribution < -0.4 is 5.32 Å². The number of rotatable bonds is 5. The van der Waals surface area contributed by atoms with Crippen LogP contribution in [0.25, 0.3) is 0 Å². The van der Waals surface area contributed by atoms with Gasteiger partial charge in [-0.15, -0.1) is 0 Å². The number of nitrogens with one attached hydrogen (secondary N) is 1. The minimum absolute atomic E-state index is 0.148. The van der Waals surface area contributed by atoms with Crippen molar-refractivity contribution in [2.45, 2.75) is 12.1 Å². The first-order chi connectivity index (χ1) is 9.24. The molecule has 1 aliphatic heterocycles. The lowest BCUT2D eigenvalue weighted by molar-refractivity contribution is 0.0723. The number of piperazine rings is 1. The molecule has 0 radical (unpaired) electrons. The summed E-state index contributed by atoms with van der Waals surface area (Å²) in [4.78, 5) is 4.86. The third-order valence-corrected chi connectivity index (χ3v) is 3.96. The van der Waals surface area contributed by atoms with Gasteiger partial charge in [0.05, 0.1) is 6.61 Å². The molecule has 0 amide bonds. The summed E-state index contributed by atoms with van der Waals surface area (Å²) < 4.78 is 0. The smallest absolute Gasteiger partial charge is 0.0597 e. The lowest BCUT2D eigenvalue weighted by Gasteiger charge is -2.41. The van der Waals surface area contributed by atoms with Crippen LogP contribution >= 0.6 is 0 Å². The summed E-state index contributed by atoms with van der Waals surface area (Å²) >= 11 is 0. The number of likely N-dealkylation sites (N-methyl/N-ethyl adjacent to an activating group) is 2. The highest BCUT2D eigenvalue weighted by Crippen LogP contribution is 2.24. The maximum absolute atomic E-state index is 9.37. The maximum Gasteiger partial charge on any atom is 0.0597 e. The van der Waals surface area contributed by atoms with Crippen molar-refractivity contribution >= 4 is 0 Å². The highest BCUT2D eigenvalue weighted by molar-refractivity contribution is 5.20. The minimum atomic E-state index is 0.148. The Kier molecular flexibility index (Phi) is 5.34. The molecule has 2 unspecified atom stereocenters. The van der Waals surface area contributed by atoms with E-state index in [0.717, 1.165) is 26.2 Å². The van der Waals surface area contributed by atoms with E-state index in [1.54, 1.807) is 0 Å². The third kappa shape index (κ3) is 3.76. The summed E-state index contributed by atoms with van der Waals surface area (Å²) in [5.74, 6) is 0. The third-order valence-electron chi connectivity index (χ3n) is 3.96. The predicted molar refractivity (Wildman–Crippen MR) is 78.2 cm³/mol. The van der Waals surface area contributed by atoms with Crippen LogP contribution in [0.1, 0.15) is 11.6 Å². The lowest BCUT2D eigenvalue weighted by Crippen LogP contribution is -2.51. The Bertz CT molecular complexity index is 367. The number of benzene rings is 1. The van der Waals surface area contributed by atoms with Gasteiger partial charge in [-0.05, 0) is 19.7 Å². The number of hydrogen-bond acceptors (Lipinski definition) is 4. The van der Waals surface area contributed by atoms with E-state index < -0.39 is 0 Å². The van der Waals surface area contributed by atoms with Crippen LogP contribution in [0.2, 0.25) is 0 Å². The van der Waals surface area contributed by atoms with Crippen molar-refractivity contribution in [2.24, 2.45) is 0 Å². The van der Waals surface area contributed by atoms with Crippen molar-refractivity contribution in [1.82, 2.24) is 15.1 Å². The fourth-order valence-electron chi connectivity index (χ4n) is 2.69. The average Bonchev–Trinajstić information content (AvgIpc) is 2.47. The van der Waals surface area contributed by atoms with E-state index in [1.807, 2.05) is 7.05 Å². The minimum Gasteiger partial charge on any atom is -0.395 e. The Balaban J connectivity index is 2.11. The molecule has 4 nitrogen and oxygen atoms in total. The lowest BCUT2D eigenvalue weighted by atomic mass is 10.0. The van der Waals surface area contributed by atoms with Gasteiger partial charge in [0, 0.05) is 38.3 Å². The standard InChI is InChI=1S/C15H25N3O/c1-16-14(12-19)10-18-9-8-17(2)11-15(18)13-6-4-3-5-7-13/h3-7,14-16,19H,8-12H2,1-2H3. The van der Waals surface area contributed by atoms with Gasteiger partial charge in [-0.25, -0.2) is 0 Å². The normalized spacial score (nSPS) is 23.4. The summed E-state index contributed by atoms with van der Waals surface area (Å²) in [7, 11) is 4.09. The molecule has 0 spiro atoms. The molecule has 0 bridgehead atoms. The number of nitrogens with zero attached hydrogens (tertiary/aromatic N) is 2. The van der Waals surface area contributed by atoms with E-state index in [4.69, 9.17) is 0 Å². The van der Waals surface area contributed by atoms with Crippen molar-refractivity contribution in [3.05, 3.63) is 35.9 Å². The fraction of sp³-hybridized carbons (Fsp3) is 0.600. The molecule has 4 heteroatoms. The summed E-state index contributed by atoms with van der Waals surface area (Å²) in [6, 6.07) is 11.2. The zero-order valence-corrected chi connectivity index (χ0v) is 11.9. The van der Waals surface area contributed by atoms with Crippen molar-refractivity contribution in [1.29, 1.82) is 0 Å². The molecule has 1 saturated heterocycles. The van der Waals surface area contributed by atoms with Gasteiger partial charge >= 0.3 is 0 Å². The molecule has 2 N–H and O–H groups in total. The zero-order chi connectivity index (χ0) is 13.7. The SMILES string of the molecule is CNC(CO)CN1CCN(C)CC1c1ccccc1. The molecule has 1 fully saturated rings. The first kappa shape index (κ1) is 14.5. The van der Waals surface area contributed by atoms with Crippen LogP contribution in [0.4, 0.5) is 0 Å². The van der Waals surface area contributed by atoms with Crippen LogP contribution in [-0.4, -0.2) is 67.8 Å².